The minimum atomic E-state index is 0.260. The van der Waals surface area contributed by atoms with Crippen LogP contribution in [0.5, 0.6) is 0 Å². The van der Waals surface area contributed by atoms with E-state index < -0.39 is 0 Å². The molecule has 3 fully saturated rings. The Morgan fingerprint density at radius 3 is 1.96 bits per heavy atom. The van der Waals surface area contributed by atoms with Crippen LogP contribution in [0.2, 0.25) is 0 Å². The number of benzene rings is 1. The average molecular weight is 371 g/mol. The molecule has 0 aliphatic carbocycles. The van der Waals surface area contributed by atoms with Gasteiger partial charge in [0.2, 0.25) is 5.91 Å². The van der Waals surface area contributed by atoms with E-state index in [1.165, 1.54) is 44.5 Å². The van der Waals surface area contributed by atoms with Gasteiger partial charge in [0, 0.05) is 49.0 Å². The van der Waals surface area contributed by atoms with Crippen molar-refractivity contribution in [3.8, 4) is 0 Å². The number of nitrogens with one attached hydrogen (secondary N) is 1. The fourth-order valence-corrected chi connectivity index (χ4v) is 4.86. The maximum atomic E-state index is 12.1. The largest absolute Gasteiger partial charge is 0.371 e. The first kappa shape index (κ1) is 18.8. The molecule has 3 saturated heterocycles. The van der Waals surface area contributed by atoms with Crippen LogP contribution in [-0.4, -0.2) is 62.2 Å². The monoisotopic (exact) mass is 370 g/mol. The third-order valence-corrected chi connectivity index (χ3v) is 6.66. The molecule has 1 aromatic carbocycles. The molecule has 0 radical (unpaired) electrons. The van der Waals surface area contributed by atoms with E-state index in [9.17, 15) is 4.79 Å². The van der Waals surface area contributed by atoms with E-state index in [4.69, 9.17) is 0 Å². The molecule has 148 valence electrons. The molecule has 5 heteroatoms. The third kappa shape index (κ3) is 4.30. The summed E-state index contributed by atoms with van der Waals surface area (Å²) in [5.74, 6) is 0.260. The number of anilines is 2. The summed E-state index contributed by atoms with van der Waals surface area (Å²) in [7, 11) is 2.22. The summed E-state index contributed by atoms with van der Waals surface area (Å²) in [5.41, 5.74) is 2.34. The summed E-state index contributed by atoms with van der Waals surface area (Å²) in [4.78, 5) is 19.0. The van der Waals surface area contributed by atoms with E-state index in [1.807, 2.05) is 4.90 Å². The highest BCUT2D eigenvalue weighted by Gasteiger charge is 2.29. The van der Waals surface area contributed by atoms with Crippen molar-refractivity contribution >= 4 is 17.3 Å². The molecular formula is C22H34N4O. The van der Waals surface area contributed by atoms with Crippen LogP contribution >= 0.6 is 0 Å². The zero-order valence-electron chi connectivity index (χ0n) is 16.9. The SMILES string of the molecule is C[C@H]1CCC(=O)N1c1ccc(N2CCC(NC3CCN(C)CC3)CC2)cc1. The zero-order chi connectivity index (χ0) is 18.8. The highest BCUT2D eigenvalue weighted by atomic mass is 16.2. The van der Waals surface area contributed by atoms with Gasteiger partial charge in [0.05, 0.1) is 0 Å². The van der Waals surface area contributed by atoms with Crippen molar-refractivity contribution in [2.45, 2.75) is 63.6 Å². The number of hydrogen-bond donors (Lipinski definition) is 1. The number of amides is 1. The van der Waals surface area contributed by atoms with E-state index in [0.717, 1.165) is 25.2 Å². The molecule has 0 bridgehead atoms. The van der Waals surface area contributed by atoms with Crippen LogP contribution in [0.1, 0.15) is 45.4 Å². The zero-order valence-corrected chi connectivity index (χ0v) is 16.9. The molecule has 0 unspecified atom stereocenters. The van der Waals surface area contributed by atoms with Crippen LogP contribution in [-0.2, 0) is 4.79 Å². The molecular weight excluding hydrogens is 336 g/mol. The molecule has 1 aromatic rings. The lowest BCUT2D eigenvalue weighted by Gasteiger charge is -2.38. The van der Waals surface area contributed by atoms with Gasteiger partial charge in [0.1, 0.15) is 0 Å². The highest BCUT2D eigenvalue weighted by Crippen LogP contribution is 2.29. The second-order valence-electron chi connectivity index (χ2n) is 8.67. The van der Waals surface area contributed by atoms with Crippen LogP contribution in [0.4, 0.5) is 11.4 Å². The standard InChI is InChI=1S/C22H34N4O/c1-17-3-8-22(27)26(17)21-6-4-20(5-7-21)25-15-11-19(12-16-25)23-18-9-13-24(2)14-10-18/h4-7,17-19,23H,3,8-16H2,1-2H3/t17-/m0/s1. The minimum Gasteiger partial charge on any atom is -0.371 e. The number of rotatable bonds is 4. The van der Waals surface area contributed by atoms with E-state index in [0.29, 0.717) is 24.5 Å². The molecule has 0 saturated carbocycles. The molecule has 1 atom stereocenters. The summed E-state index contributed by atoms with van der Waals surface area (Å²) in [5, 5.41) is 3.91. The quantitative estimate of drug-likeness (QED) is 0.885. The second-order valence-corrected chi connectivity index (χ2v) is 8.67. The number of carbonyl (C=O) groups is 1. The lowest BCUT2D eigenvalue weighted by molar-refractivity contribution is -0.117. The highest BCUT2D eigenvalue weighted by molar-refractivity contribution is 5.96. The first-order chi connectivity index (χ1) is 13.1. The van der Waals surface area contributed by atoms with Gasteiger partial charge in [-0.2, -0.15) is 0 Å². The Morgan fingerprint density at radius 2 is 1.41 bits per heavy atom. The molecule has 0 spiro atoms. The van der Waals surface area contributed by atoms with Crippen molar-refractivity contribution in [2.24, 2.45) is 0 Å². The summed E-state index contributed by atoms with van der Waals surface area (Å²) in [6, 6.07) is 10.3. The third-order valence-electron chi connectivity index (χ3n) is 6.66. The van der Waals surface area contributed by atoms with Crippen LogP contribution in [0.25, 0.3) is 0 Å². The van der Waals surface area contributed by atoms with Crippen molar-refractivity contribution in [1.29, 1.82) is 0 Å². The molecule has 5 nitrogen and oxygen atoms in total. The Balaban J connectivity index is 1.29. The Morgan fingerprint density at radius 1 is 0.852 bits per heavy atom. The molecule has 1 amide bonds. The lowest BCUT2D eigenvalue weighted by atomic mass is 9.99. The molecule has 3 heterocycles. The van der Waals surface area contributed by atoms with Gasteiger partial charge in [-0.1, -0.05) is 0 Å². The van der Waals surface area contributed by atoms with Gasteiger partial charge in [-0.15, -0.1) is 0 Å². The van der Waals surface area contributed by atoms with Crippen molar-refractivity contribution in [2.75, 3.05) is 43.0 Å². The van der Waals surface area contributed by atoms with E-state index in [2.05, 4.69) is 53.4 Å². The van der Waals surface area contributed by atoms with Crippen molar-refractivity contribution < 1.29 is 4.79 Å². The van der Waals surface area contributed by atoms with Crippen LogP contribution in [0.3, 0.4) is 0 Å². The molecule has 0 aromatic heterocycles. The smallest absolute Gasteiger partial charge is 0.227 e. The van der Waals surface area contributed by atoms with Crippen molar-refractivity contribution in [3.05, 3.63) is 24.3 Å². The Labute approximate surface area is 163 Å². The van der Waals surface area contributed by atoms with Gasteiger partial charge in [0.15, 0.2) is 0 Å². The average Bonchev–Trinajstić information content (AvgIpc) is 3.03. The van der Waals surface area contributed by atoms with Gasteiger partial charge < -0.3 is 20.0 Å². The molecule has 1 N–H and O–H groups in total. The molecule has 4 rings (SSSR count). The number of likely N-dealkylation sites (tertiary alicyclic amines) is 1. The topological polar surface area (TPSA) is 38.8 Å². The molecule has 3 aliphatic heterocycles. The fourth-order valence-electron chi connectivity index (χ4n) is 4.86. The fraction of sp³-hybridized carbons (Fsp3) is 0.682. The Kier molecular flexibility index (Phi) is 5.69. The van der Waals surface area contributed by atoms with Gasteiger partial charge in [0.25, 0.3) is 0 Å². The number of nitrogens with zero attached hydrogens (tertiary/aromatic N) is 3. The molecule has 27 heavy (non-hydrogen) atoms. The van der Waals surface area contributed by atoms with E-state index in [-0.39, 0.29) is 5.91 Å². The summed E-state index contributed by atoms with van der Waals surface area (Å²) < 4.78 is 0. The van der Waals surface area contributed by atoms with Gasteiger partial charge in [-0.25, -0.2) is 0 Å². The predicted molar refractivity (Wildman–Crippen MR) is 112 cm³/mol. The Hall–Kier alpha value is -1.59. The van der Waals surface area contributed by atoms with Crippen LogP contribution < -0.4 is 15.1 Å². The number of piperidine rings is 2. The maximum Gasteiger partial charge on any atom is 0.227 e. The van der Waals surface area contributed by atoms with Gasteiger partial charge >= 0.3 is 0 Å². The normalized spacial score (nSPS) is 26.1. The van der Waals surface area contributed by atoms with Crippen molar-refractivity contribution in [3.63, 3.8) is 0 Å². The van der Waals surface area contributed by atoms with Crippen LogP contribution in [0.15, 0.2) is 24.3 Å². The first-order valence-electron chi connectivity index (χ1n) is 10.7. The predicted octanol–water partition coefficient (Wildman–Crippen LogP) is 2.85. The van der Waals surface area contributed by atoms with Gasteiger partial charge in [-0.05, 0) is 83.4 Å². The van der Waals surface area contributed by atoms with Crippen LogP contribution in [0, 0.1) is 0 Å². The molecule has 3 aliphatic rings. The Bertz CT molecular complexity index is 630. The van der Waals surface area contributed by atoms with E-state index in [1.54, 1.807) is 0 Å². The second kappa shape index (κ2) is 8.19. The summed E-state index contributed by atoms with van der Waals surface area (Å²) in [6.07, 6.45) is 6.65. The number of hydrogen-bond acceptors (Lipinski definition) is 4. The minimum absolute atomic E-state index is 0.260. The number of carbonyl (C=O) groups excluding carboxylic acids is 1. The lowest BCUT2D eigenvalue weighted by Crippen LogP contribution is -2.49. The maximum absolute atomic E-state index is 12.1. The van der Waals surface area contributed by atoms with Gasteiger partial charge in [-0.3, -0.25) is 4.79 Å². The first-order valence-corrected chi connectivity index (χ1v) is 10.7. The van der Waals surface area contributed by atoms with Crippen molar-refractivity contribution in [1.82, 2.24) is 10.2 Å². The summed E-state index contributed by atoms with van der Waals surface area (Å²) in [6.45, 7) is 6.81. The summed E-state index contributed by atoms with van der Waals surface area (Å²) >= 11 is 0. The van der Waals surface area contributed by atoms with E-state index >= 15 is 0 Å².